The average molecular weight is 240 g/mol. The maximum Gasteiger partial charge on any atom is 0.0540 e. The van der Waals surface area contributed by atoms with Gasteiger partial charge in [-0.15, -0.1) is 0 Å². The minimum atomic E-state index is -0.0692. The Hall–Kier alpha value is -0.0400. The summed E-state index contributed by atoms with van der Waals surface area (Å²) in [4.78, 5) is 0. The molecule has 0 spiro atoms. The third-order valence-corrected chi connectivity index (χ3v) is 5.40. The van der Waals surface area contributed by atoms with Crippen LogP contribution in [0.25, 0.3) is 0 Å². The normalized spacial score (nSPS) is 34.6. The summed E-state index contributed by atoms with van der Waals surface area (Å²) in [6.07, 6.45) is 6.96. The molecule has 1 aliphatic carbocycles. The van der Waals surface area contributed by atoms with E-state index in [-0.39, 0.29) is 6.10 Å². The van der Waals surface area contributed by atoms with Crippen LogP contribution in [0.5, 0.6) is 0 Å². The van der Waals surface area contributed by atoms with Crippen LogP contribution in [0.2, 0.25) is 0 Å². The lowest BCUT2D eigenvalue weighted by molar-refractivity contribution is 0.0117. The zero-order chi connectivity index (χ0) is 13.1. The molecule has 0 aromatic heterocycles. The van der Waals surface area contributed by atoms with Crippen molar-refractivity contribution in [3.63, 3.8) is 0 Å². The van der Waals surface area contributed by atoms with E-state index < -0.39 is 0 Å². The van der Waals surface area contributed by atoms with E-state index in [0.717, 1.165) is 37.0 Å². The van der Waals surface area contributed by atoms with Gasteiger partial charge in [0.25, 0.3) is 0 Å². The summed E-state index contributed by atoms with van der Waals surface area (Å²) in [7, 11) is 0. The van der Waals surface area contributed by atoms with E-state index in [1.165, 1.54) is 19.3 Å². The number of hydrogen-bond acceptors (Lipinski definition) is 1. The zero-order valence-corrected chi connectivity index (χ0v) is 12.5. The van der Waals surface area contributed by atoms with E-state index in [1.54, 1.807) is 0 Å². The lowest BCUT2D eigenvalue weighted by Crippen LogP contribution is -2.39. The number of hydrogen-bond donors (Lipinski definition) is 1. The van der Waals surface area contributed by atoms with Crippen molar-refractivity contribution in [2.24, 2.45) is 23.2 Å². The summed E-state index contributed by atoms with van der Waals surface area (Å²) in [5, 5.41) is 9.90. The molecule has 102 valence electrons. The molecule has 0 amide bonds. The topological polar surface area (TPSA) is 20.2 Å². The van der Waals surface area contributed by atoms with Crippen molar-refractivity contribution in [3.8, 4) is 0 Å². The SMILES string of the molecule is CCC[C@H](O)CC[C@H]1[C@H](C)CC[C@@H](C)C1(C)C. The number of rotatable bonds is 5. The average Bonchev–Trinajstić information content (AvgIpc) is 2.24. The summed E-state index contributed by atoms with van der Waals surface area (Å²) in [6, 6.07) is 0. The van der Waals surface area contributed by atoms with E-state index >= 15 is 0 Å². The van der Waals surface area contributed by atoms with Crippen molar-refractivity contribution in [1.82, 2.24) is 0 Å². The van der Waals surface area contributed by atoms with Gasteiger partial charge in [-0.1, -0.05) is 47.5 Å². The van der Waals surface area contributed by atoms with Gasteiger partial charge >= 0.3 is 0 Å². The Morgan fingerprint density at radius 3 is 2.41 bits per heavy atom. The molecule has 0 unspecified atom stereocenters. The van der Waals surface area contributed by atoms with E-state index in [1.807, 2.05) is 0 Å². The lowest BCUT2D eigenvalue weighted by atomic mass is 9.58. The third kappa shape index (κ3) is 3.71. The molecular weight excluding hydrogens is 208 g/mol. The van der Waals surface area contributed by atoms with E-state index in [4.69, 9.17) is 0 Å². The first-order valence-electron chi connectivity index (χ1n) is 7.57. The summed E-state index contributed by atoms with van der Waals surface area (Å²) < 4.78 is 0. The van der Waals surface area contributed by atoms with Gasteiger partial charge in [-0.25, -0.2) is 0 Å². The van der Waals surface area contributed by atoms with Gasteiger partial charge in [-0.2, -0.15) is 0 Å². The molecule has 0 saturated heterocycles. The van der Waals surface area contributed by atoms with Gasteiger partial charge in [0.15, 0.2) is 0 Å². The molecule has 1 N–H and O–H groups in total. The first kappa shape index (κ1) is 15.0. The predicted molar refractivity (Wildman–Crippen MR) is 75.0 cm³/mol. The quantitative estimate of drug-likeness (QED) is 0.742. The van der Waals surface area contributed by atoms with Gasteiger partial charge in [0, 0.05) is 0 Å². The fourth-order valence-corrected chi connectivity index (χ4v) is 3.69. The van der Waals surface area contributed by atoms with Crippen LogP contribution < -0.4 is 0 Å². The summed E-state index contributed by atoms with van der Waals surface area (Å²) in [6.45, 7) is 11.8. The van der Waals surface area contributed by atoms with E-state index in [9.17, 15) is 5.11 Å². The molecule has 1 rings (SSSR count). The van der Waals surface area contributed by atoms with Crippen LogP contribution in [0.3, 0.4) is 0 Å². The highest BCUT2D eigenvalue weighted by Crippen LogP contribution is 2.49. The fraction of sp³-hybridized carbons (Fsp3) is 1.00. The highest BCUT2D eigenvalue weighted by molar-refractivity contribution is 4.90. The Morgan fingerprint density at radius 2 is 1.82 bits per heavy atom. The van der Waals surface area contributed by atoms with Crippen molar-refractivity contribution in [1.29, 1.82) is 0 Å². The molecular formula is C16H32O. The maximum atomic E-state index is 9.90. The molecule has 0 aromatic carbocycles. The molecule has 0 heterocycles. The van der Waals surface area contributed by atoms with Crippen LogP contribution in [0.15, 0.2) is 0 Å². The van der Waals surface area contributed by atoms with Crippen molar-refractivity contribution in [2.75, 3.05) is 0 Å². The molecule has 1 aliphatic rings. The third-order valence-electron chi connectivity index (χ3n) is 5.40. The Balaban J connectivity index is 2.53. The van der Waals surface area contributed by atoms with Gasteiger partial charge < -0.3 is 5.11 Å². The maximum absolute atomic E-state index is 9.90. The fourth-order valence-electron chi connectivity index (χ4n) is 3.69. The van der Waals surface area contributed by atoms with Crippen molar-refractivity contribution in [3.05, 3.63) is 0 Å². The van der Waals surface area contributed by atoms with Crippen LogP contribution in [-0.4, -0.2) is 11.2 Å². The number of aliphatic hydroxyl groups excluding tert-OH is 1. The molecule has 4 atom stereocenters. The van der Waals surface area contributed by atoms with Crippen LogP contribution in [0.4, 0.5) is 0 Å². The minimum absolute atomic E-state index is 0.0692. The second-order valence-electron chi connectivity index (χ2n) is 6.90. The molecule has 0 aliphatic heterocycles. The summed E-state index contributed by atoms with van der Waals surface area (Å²) in [5.41, 5.74) is 0.448. The first-order chi connectivity index (χ1) is 7.89. The molecule has 17 heavy (non-hydrogen) atoms. The van der Waals surface area contributed by atoms with Gasteiger partial charge in [0.2, 0.25) is 0 Å². The predicted octanol–water partition coefficient (Wildman–Crippen LogP) is 4.64. The van der Waals surface area contributed by atoms with Gasteiger partial charge in [0.1, 0.15) is 0 Å². The molecule has 1 heteroatoms. The van der Waals surface area contributed by atoms with Crippen molar-refractivity contribution < 1.29 is 5.11 Å². The van der Waals surface area contributed by atoms with Crippen LogP contribution >= 0.6 is 0 Å². The van der Waals surface area contributed by atoms with Crippen molar-refractivity contribution in [2.45, 2.75) is 79.2 Å². The molecule has 0 bridgehead atoms. The minimum Gasteiger partial charge on any atom is -0.393 e. The van der Waals surface area contributed by atoms with Crippen LogP contribution in [0.1, 0.15) is 73.1 Å². The van der Waals surface area contributed by atoms with Gasteiger partial charge in [-0.05, 0) is 48.9 Å². The molecule has 0 radical (unpaired) electrons. The largest absolute Gasteiger partial charge is 0.393 e. The Bertz CT molecular complexity index is 222. The van der Waals surface area contributed by atoms with Gasteiger partial charge in [-0.3, -0.25) is 0 Å². The first-order valence-corrected chi connectivity index (χ1v) is 7.57. The zero-order valence-electron chi connectivity index (χ0n) is 12.5. The monoisotopic (exact) mass is 240 g/mol. The van der Waals surface area contributed by atoms with Crippen LogP contribution in [0, 0.1) is 23.2 Å². The van der Waals surface area contributed by atoms with E-state index in [2.05, 4.69) is 34.6 Å². The standard InChI is InChI=1S/C16H32O/c1-6-7-14(17)10-11-15-12(2)8-9-13(3)16(15,4)5/h12-15,17H,6-11H2,1-5H3/t12-,13-,14+,15+/m1/s1. The lowest BCUT2D eigenvalue weighted by Gasteiger charge is -2.48. The highest BCUT2D eigenvalue weighted by Gasteiger charge is 2.41. The second-order valence-corrected chi connectivity index (χ2v) is 6.90. The van der Waals surface area contributed by atoms with Gasteiger partial charge in [0.05, 0.1) is 6.10 Å². The molecule has 1 nitrogen and oxygen atoms in total. The van der Waals surface area contributed by atoms with E-state index in [0.29, 0.717) is 5.41 Å². The summed E-state index contributed by atoms with van der Waals surface area (Å²) >= 11 is 0. The van der Waals surface area contributed by atoms with Crippen LogP contribution in [-0.2, 0) is 0 Å². The Labute approximate surface area is 108 Å². The molecule has 1 fully saturated rings. The smallest absolute Gasteiger partial charge is 0.0540 e. The second kappa shape index (κ2) is 6.22. The Kier molecular flexibility index (Phi) is 5.50. The highest BCUT2D eigenvalue weighted by atomic mass is 16.3. The Morgan fingerprint density at radius 1 is 1.18 bits per heavy atom. The summed E-state index contributed by atoms with van der Waals surface area (Å²) in [5.74, 6) is 2.44. The molecule has 0 aromatic rings. The number of aliphatic hydroxyl groups is 1. The van der Waals surface area contributed by atoms with Crippen molar-refractivity contribution >= 4 is 0 Å². The molecule has 1 saturated carbocycles.